The second kappa shape index (κ2) is 38.0. The van der Waals surface area contributed by atoms with Crippen molar-refractivity contribution in [1.29, 1.82) is 0 Å². The molecule has 252 valence electrons. The van der Waals surface area contributed by atoms with E-state index >= 15 is 0 Å². The molecule has 0 rings (SSSR count). The smallest absolute Gasteiger partial charge is 0.331 e. The van der Waals surface area contributed by atoms with Crippen molar-refractivity contribution < 1.29 is 66.4 Å². The molecule has 0 radical (unpaired) electrons. The van der Waals surface area contributed by atoms with Gasteiger partial charge in [0, 0.05) is 6.54 Å². The van der Waals surface area contributed by atoms with E-state index in [9.17, 15) is 4.79 Å². The average Bonchev–Trinajstić information content (AvgIpc) is 3.00. The van der Waals surface area contributed by atoms with Crippen molar-refractivity contribution in [3.63, 3.8) is 0 Å². The molecule has 0 atom stereocenters. The van der Waals surface area contributed by atoms with Crippen LogP contribution in [0.1, 0.15) is 0 Å². The fourth-order valence-corrected chi connectivity index (χ4v) is 2.72. The van der Waals surface area contributed by atoms with Crippen molar-refractivity contribution in [3.8, 4) is 0 Å². The maximum Gasteiger partial charge on any atom is 0.331 e. The molecule has 0 spiro atoms. The molecule has 0 aromatic carbocycles. The molecule has 0 aromatic rings. The molecule has 2 N–H and O–H groups in total. The highest BCUT2D eigenvalue weighted by Crippen LogP contribution is 1.87. The molecule has 15 nitrogen and oxygen atoms in total. The Bertz CT molecular complexity index is 521. The molecular formula is C27H55NO14. The fourth-order valence-electron chi connectivity index (χ4n) is 2.72. The predicted molar refractivity (Wildman–Crippen MR) is 151 cm³/mol. The van der Waals surface area contributed by atoms with Gasteiger partial charge in [0.2, 0.25) is 0 Å². The second-order valence-corrected chi connectivity index (χ2v) is 8.15. The predicted octanol–water partition coefficient (Wildman–Crippen LogP) is -0.683. The highest BCUT2D eigenvalue weighted by Gasteiger charge is 1.99. The Morgan fingerprint density at radius 1 is 0.357 bits per heavy atom. The fraction of sp³-hybridized carbons (Fsp3) is 0.963. The third-order valence-corrected chi connectivity index (χ3v) is 4.80. The number of ether oxygens (including phenoxy) is 13. The summed E-state index contributed by atoms with van der Waals surface area (Å²) in [7, 11) is 1.31. The van der Waals surface area contributed by atoms with Gasteiger partial charge in [0.1, 0.15) is 6.61 Å². The zero-order valence-corrected chi connectivity index (χ0v) is 25.5. The van der Waals surface area contributed by atoms with Crippen LogP contribution >= 0.6 is 0 Å². The summed E-state index contributed by atoms with van der Waals surface area (Å²) in [6.07, 6.45) is 0. The van der Waals surface area contributed by atoms with Crippen LogP contribution in [0.25, 0.3) is 0 Å². The quantitative estimate of drug-likeness (QED) is 0.0688. The van der Waals surface area contributed by atoms with Crippen molar-refractivity contribution in [2.45, 2.75) is 0 Å². The highest BCUT2D eigenvalue weighted by molar-refractivity contribution is 5.70. The van der Waals surface area contributed by atoms with Crippen LogP contribution in [-0.4, -0.2) is 178 Å². The average molecular weight is 618 g/mol. The van der Waals surface area contributed by atoms with E-state index in [0.717, 1.165) is 0 Å². The van der Waals surface area contributed by atoms with Gasteiger partial charge < -0.3 is 67.3 Å². The molecule has 0 fully saturated rings. The summed E-state index contributed by atoms with van der Waals surface area (Å²) in [5.41, 5.74) is 5.32. The maximum absolute atomic E-state index is 10.8. The number of nitrogens with two attached hydrogens (primary N) is 1. The van der Waals surface area contributed by atoms with E-state index in [4.69, 9.17) is 62.6 Å². The maximum atomic E-state index is 10.8. The number of carbonyl (C=O) groups is 1. The molecule has 0 amide bonds. The highest BCUT2D eigenvalue weighted by atomic mass is 16.6. The van der Waals surface area contributed by atoms with E-state index < -0.39 is 5.97 Å². The Morgan fingerprint density at radius 3 is 0.738 bits per heavy atom. The summed E-state index contributed by atoms with van der Waals surface area (Å²) in [5.74, 6) is -0.408. The summed E-state index contributed by atoms with van der Waals surface area (Å²) in [6, 6.07) is 0. The van der Waals surface area contributed by atoms with Crippen molar-refractivity contribution in [2.75, 3.05) is 172 Å². The molecule has 0 heterocycles. The lowest BCUT2D eigenvalue weighted by atomic mass is 10.6. The summed E-state index contributed by atoms with van der Waals surface area (Å²) < 4.78 is 68.9. The first-order valence-electron chi connectivity index (χ1n) is 14.5. The van der Waals surface area contributed by atoms with Gasteiger partial charge in [-0.2, -0.15) is 0 Å². The van der Waals surface area contributed by atoms with E-state index in [1.54, 1.807) is 0 Å². The van der Waals surface area contributed by atoms with E-state index in [2.05, 4.69) is 4.74 Å². The molecule has 15 heteroatoms. The minimum atomic E-state index is -0.408. The molecule has 0 aromatic heterocycles. The molecule has 0 saturated heterocycles. The normalized spacial score (nSPS) is 11.4. The minimum Gasteiger partial charge on any atom is -0.467 e. The number of methoxy groups -OCH3 is 1. The first kappa shape index (κ1) is 41.0. The molecule has 0 saturated carbocycles. The monoisotopic (exact) mass is 617 g/mol. The van der Waals surface area contributed by atoms with Crippen LogP contribution in [0.3, 0.4) is 0 Å². The Morgan fingerprint density at radius 2 is 0.548 bits per heavy atom. The summed E-state index contributed by atoms with van der Waals surface area (Å²) in [4.78, 5) is 10.8. The number of rotatable bonds is 37. The summed E-state index contributed by atoms with van der Waals surface area (Å²) in [5, 5.41) is 0. The first-order valence-corrected chi connectivity index (χ1v) is 14.5. The Hall–Kier alpha value is -1.05. The lowest BCUT2D eigenvalue weighted by molar-refractivity contribution is -0.146. The van der Waals surface area contributed by atoms with Gasteiger partial charge in [0.15, 0.2) is 0 Å². The number of carbonyl (C=O) groups excluding carboxylic acids is 1. The number of esters is 1. The summed E-state index contributed by atoms with van der Waals surface area (Å²) in [6.45, 7) is 11.7. The van der Waals surface area contributed by atoms with E-state index in [1.165, 1.54) is 7.11 Å². The third-order valence-electron chi connectivity index (χ3n) is 4.80. The van der Waals surface area contributed by atoms with Crippen LogP contribution in [0.5, 0.6) is 0 Å². The molecule has 0 aliphatic rings. The molecule has 42 heavy (non-hydrogen) atoms. The van der Waals surface area contributed by atoms with Gasteiger partial charge in [-0.05, 0) is 0 Å². The van der Waals surface area contributed by atoms with Crippen LogP contribution in [0, 0.1) is 0 Å². The van der Waals surface area contributed by atoms with E-state index in [1.807, 2.05) is 0 Å². The zero-order valence-electron chi connectivity index (χ0n) is 25.5. The Labute approximate surface area is 250 Å². The van der Waals surface area contributed by atoms with Gasteiger partial charge in [-0.1, -0.05) is 0 Å². The van der Waals surface area contributed by atoms with Gasteiger partial charge in [0.05, 0.1) is 159 Å². The van der Waals surface area contributed by atoms with Crippen molar-refractivity contribution in [1.82, 2.24) is 0 Å². The Balaban J connectivity index is 3.04. The molecule has 0 bridgehead atoms. The second-order valence-electron chi connectivity index (χ2n) is 8.15. The SMILES string of the molecule is COC(=O)COCCOCCOCCOCCOCCOCCOCCOCCOCCOCCOCCOCCN. The zero-order chi connectivity index (χ0) is 30.4. The standard InChI is InChI=1S/C27H55NO14/c1-30-27(29)26-42-25-24-41-23-22-40-21-20-39-19-18-38-17-16-37-15-14-36-13-12-35-11-10-34-9-8-33-7-6-32-5-4-31-3-2-28/h2-26,28H2,1H3. The minimum absolute atomic E-state index is 0.0706. The van der Waals surface area contributed by atoms with Gasteiger partial charge in [-0.25, -0.2) is 4.79 Å². The van der Waals surface area contributed by atoms with E-state index in [-0.39, 0.29) is 6.61 Å². The van der Waals surface area contributed by atoms with E-state index in [0.29, 0.717) is 159 Å². The molecular weight excluding hydrogens is 562 g/mol. The Kier molecular flexibility index (Phi) is 37.0. The summed E-state index contributed by atoms with van der Waals surface area (Å²) >= 11 is 0. The lowest BCUT2D eigenvalue weighted by Gasteiger charge is -2.09. The first-order chi connectivity index (χ1) is 20.8. The van der Waals surface area contributed by atoms with Gasteiger partial charge in [-0.3, -0.25) is 0 Å². The van der Waals surface area contributed by atoms with Crippen molar-refractivity contribution in [2.24, 2.45) is 5.73 Å². The van der Waals surface area contributed by atoms with Crippen molar-refractivity contribution >= 4 is 5.97 Å². The molecule has 0 unspecified atom stereocenters. The van der Waals surface area contributed by atoms with Gasteiger partial charge in [-0.15, -0.1) is 0 Å². The largest absolute Gasteiger partial charge is 0.467 e. The third kappa shape index (κ3) is 37.0. The molecule has 0 aliphatic heterocycles. The van der Waals surface area contributed by atoms with Crippen LogP contribution in [0.4, 0.5) is 0 Å². The lowest BCUT2D eigenvalue weighted by Crippen LogP contribution is -2.16. The van der Waals surface area contributed by atoms with Crippen LogP contribution in [0.15, 0.2) is 0 Å². The van der Waals surface area contributed by atoms with Crippen LogP contribution in [-0.2, 0) is 66.4 Å². The van der Waals surface area contributed by atoms with Gasteiger partial charge >= 0.3 is 5.97 Å². The topological polar surface area (TPSA) is 163 Å². The number of hydrogen-bond acceptors (Lipinski definition) is 15. The van der Waals surface area contributed by atoms with Gasteiger partial charge in [0.25, 0.3) is 0 Å². The van der Waals surface area contributed by atoms with Crippen LogP contribution < -0.4 is 5.73 Å². The van der Waals surface area contributed by atoms with Crippen molar-refractivity contribution in [3.05, 3.63) is 0 Å². The molecule has 0 aliphatic carbocycles. The van der Waals surface area contributed by atoms with Crippen LogP contribution in [0.2, 0.25) is 0 Å². The number of hydrogen-bond donors (Lipinski definition) is 1.